The molecule has 2 heterocycles. The fraction of sp³-hybridized carbons (Fsp3) is 0.636. The molecule has 2 saturated heterocycles. The third kappa shape index (κ3) is 3.61. The van der Waals surface area contributed by atoms with Gasteiger partial charge in [-0.1, -0.05) is 31.5 Å². The van der Waals surface area contributed by atoms with Crippen molar-refractivity contribution in [2.45, 2.75) is 70.3 Å². The molecule has 1 aromatic carbocycles. The number of carbonyl (C=O) groups excluding carboxylic acids is 1. The van der Waals surface area contributed by atoms with E-state index in [1.807, 2.05) is 12.1 Å². The van der Waals surface area contributed by atoms with Crippen LogP contribution in [0.5, 0.6) is 5.75 Å². The Morgan fingerprint density at radius 3 is 2.72 bits per heavy atom. The number of halogens is 1. The highest BCUT2D eigenvalue weighted by molar-refractivity contribution is 6.31. The molecule has 6 nitrogen and oxygen atoms in total. The van der Waals surface area contributed by atoms with Crippen LogP contribution >= 0.6 is 11.6 Å². The van der Waals surface area contributed by atoms with Crippen LogP contribution in [0.3, 0.4) is 0 Å². The van der Waals surface area contributed by atoms with E-state index in [9.17, 15) is 9.59 Å². The van der Waals surface area contributed by atoms with Crippen molar-refractivity contribution in [1.29, 1.82) is 0 Å². The van der Waals surface area contributed by atoms with E-state index in [0.717, 1.165) is 19.3 Å². The van der Waals surface area contributed by atoms with E-state index < -0.39 is 17.8 Å². The van der Waals surface area contributed by atoms with Crippen molar-refractivity contribution in [3.8, 4) is 5.75 Å². The highest BCUT2D eigenvalue weighted by Crippen LogP contribution is 2.55. The third-order valence-corrected chi connectivity index (χ3v) is 7.33. The molecule has 158 valence electrons. The van der Waals surface area contributed by atoms with Crippen molar-refractivity contribution < 1.29 is 24.2 Å². The maximum Gasteiger partial charge on any atom is 0.307 e. The van der Waals surface area contributed by atoms with Crippen LogP contribution in [0, 0.1) is 17.8 Å². The number of ether oxygens (including phenoxy) is 2. The van der Waals surface area contributed by atoms with E-state index >= 15 is 0 Å². The van der Waals surface area contributed by atoms with Crippen LogP contribution in [0.1, 0.15) is 52.0 Å². The molecule has 7 heteroatoms. The standard InChI is InChI=1S/C22H28ClNO5/c1-12(2)22-8-7-21(3,29-22)18(10-22)28-17-6-4-5-16(23)15(17)11-24-19(25)13-9-14(13)20(26)27/h4-6,12-14,18H,7-11H2,1-3H3,(H,24,25)(H,26,27)/t13-,14+,18+,21+,22-/m0/s1. The van der Waals surface area contributed by atoms with E-state index in [0.29, 0.717) is 28.7 Å². The molecular weight excluding hydrogens is 394 g/mol. The monoisotopic (exact) mass is 421 g/mol. The van der Waals surface area contributed by atoms with Gasteiger partial charge >= 0.3 is 5.97 Å². The zero-order valence-corrected chi connectivity index (χ0v) is 17.8. The molecule has 1 amide bonds. The van der Waals surface area contributed by atoms with Crippen molar-refractivity contribution in [1.82, 2.24) is 5.32 Å². The van der Waals surface area contributed by atoms with Gasteiger partial charge < -0.3 is 19.9 Å². The number of carbonyl (C=O) groups is 2. The molecule has 3 fully saturated rings. The zero-order valence-electron chi connectivity index (χ0n) is 17.0. The van der Waals surface area contributed by atoms with Gasteiger partial charge in [-0.15, -0.1) is 0 Å². The Morgan fingerprint density at radius 1 is 1.34 bits per heavy atom. The number of carboxylic acids is 1. The largest absolute Gasteiger partial charge is 0.487 e. The van der Waals surface area contributed by atoms with E-state index in [1.54, 1.807) is 6.07 Å². The van der Waals surface area contributed by atoms with E-state index in [1.165, 1.54) is 0 Å². The average molecular weight is 422 g/mol. The summed E-state index contributed by atoms with van der Waals surface area (Å²) in [5.74, 6) is -1.15. The smallest absolute Gasteiger partial charge is 0.307 e. The van der Waals surface area contributed by atoms with Gasteiger partial charge in [-0.3, -0.25) is 9.59 Å². The molecular formula is C22H28ClNO5. The SMILES string of the molecule is CC(C)[C@@]12CC[C@@](C)(O1)[C@H](Oc1cccc(Cl)c1CNC(=O)[C@H]1C[C@H]1C(=O)O)C2. The number of carboxylic acid groups (broad SMARTS) is 1. The summed E-state index contributed by atoms with van der Waals surface area (Å²) in [5, 5.41) is 12.3. The lowest BCUT2D eigenvalue weighted by atomic mass is 9.75. The number of hydrogen-bond donors (Lipinski definition) is 2. The predicted molar refractivity (Wildman–Crippen MR) is 108 cm³/mol. The van der Waals surface area contributed by atoms with Crippen molar-refractivity contribution in [2.75, 3.05) is 0 Å². The minimum Gasteiger partial charge on any atom is -0.487 e. The summed E-state index contributed by atoms with van der Waals surface area (Å²) in [5.41, 5.74) is 0.250. The first-order chi connectivity index (χ1) is 13.7. The maximum absolute atomic E-state index is 12.3. The lowest BCUT2D eigenvalue weighted by Crippen LogP contribution is -2.40. The van der Waals surface area contributed by atoms with Gasteiger partial charge in [0, 0.05) is 23.6 Å². The lowest BCUT2D eigenvalue weighted by molar-refractivity contribution is -0.140. The van der Waals surface area contributed by atoms with Crippen molar-refractivity contribution >= 4 is 23.5 Å². The van der Waals surface area contributed by atoms with Crippen LogP contribution in [-0.2, 0) is 20.9 Å². The highest BCUT2D eigenvalue weighted by atomic mass is 35.5. The second kappa shape index (κ2) is 7.17. The zero-order chi connectivity index (χ0) is 21.0. The molecule has 2 N–H and O–H groups in total. The molecule has 0 radical (unpaired) electrons. The molecule has 2 aliphatic heterocycles. The average Bonchev–Trinajstić information content (AvgIpc) is 3.32. The molecule has 3 aliphatic rings. The number of aliphatic carboxylic acids is 1. The minimum absolute atomic E-state index is 0.0774. The van der Waals surface area contributed by atoms with Gasteiger partial charge in [0.05, 0.1) is 17.4 Å². The Hall–Kier alpha value is -1.79. The number of nitrogens with one attached hydrogen (secondary N) is 1. The van der Waals surface area contributed by atoms with E-state index in [2.05, 4.69) is 26.1 Å². The summed E-state index contributed by atoms with van der Waals surface area (Å²) in [4.78, 5) is 23.2. The van der Waals surface area contributed by atoms with Gasteiger partial charge in [0.15, 0.2) is 0 Å². The first-order valence-electron chi connectivity index (χ1n) is 10.3. The summed E-state index contributed by atoms with van der Waals surface area (Å²) in [6, 6.07) is 5.46. The Labute approximate surface area is 175 Å². The quantitative estimate of drug-likeness (QED) is 0.699. The van der Waals surface area contributed by atoms with E-state index in [4.69, 9.17) is 26.2 Å². The maximum atomic E-state index is 12.3. The van der Waals surface area contributed by atoms with Gasteiger partial charge in [0.25, 0.3) is 0 Å². The van der Waals surface area contributed by atoms with Gasteiger partial charge in [-0.05, 0) is 44.2 Å². The lowest BCUT2D eigenvalue weighted by Gasteiger charge is -2.32. The summed E-state index contributed by atoms with van der Waals surface area (Å²) >= 11 is 6.41. The molecule has 0 aromatic heterocycles. The topological polar surface area (TPSA) is 84.9 Å². The van der Waals surface area contributed by atoms with Crippen LogP contribution < -0.4 is 10.1 Å². The minimum atomic E-state index is -0.921. The second-order valence-electron chi connectivity index (χ2n) is 9.17. The summed E-state index contributed by atoms with van der Waals surface area (Å²) < 4.78 is 12.9. The first kappa shape index (κ1) is 20.5. The van der Waals surface area contributed by atoms with Crippen LogP contribution in [0.15, 0.2) is 18.2 Å². The molecule has 0 unspecified atom stereocenters. The number of hydrogen-bond acceptors (Lipinski definition) is 4. The predicted octanol–water partition coefficient (Wildman–Crippen LogP) is 3.79. The van der Waals surface area contributed by atoms with Gasteiger partial charge in [0.2, 0.25) is 5.91 Å². The third-order valence-electron chi connectivity index (χ3n) is 6.97. The Kier molecular flexibility index (Phi) is 5.06. The highest BCUT2D eigenvalue weighted by Gasteiger charge is 2.61. The molecule has 5 atom stereocenters. The Balaban J connectivity index is 1.46. The number of rotatable bonds is 7. The van der Waals surface area contributed by atoms with Gasteiger partial charge in [-0.25, -0.2) is 0 Å². The number of fused-ring (bicyclic) bond motifs is 2. The van der Waals surface area contributed by atoms with Crippen molar-refractivity contribution in [2.24, 2.45) is 17.8 Å². The van der Waals surface area contributed by atoms with Crippen LogP contribution in [0.25, 0.3) is 0 Å². The number of benzene rings is 1. The van der Waals surface area contributed by atoms with Crippen LogP contribution in [0.4, 0.5) is 0 Å². The van der Waals surface area contributed by atoms with Crippen LogP contribution in [-0.4, -0.2) is 34.3 Å². The first-order valence-corrected chi connectivity index (χ1v) is 10.7. The molecule has 0 spiro atoms. The fourth-order valence-corrected chi connectivity index (χ4v) is 5.01. The van der Waals surface area contributed by atoms with Gasteiger partial charge in [0.1, 0.15) is 17.5 Å². The summed E-state index contributed by atoms with van der Waals surface area (Å²) in [6.07, 6.45) is 3.16. The molecule has 1 aromatic rings. The normalized spacial score (nSPS) is 35.0. The van der Waals surface area contributed by atoms with Crippen LogP contribution in [0.2, 0.25) is 5.02 Å². The summed E-state index contributed by atoms with van der Waals surface area (Å²) in [7, 11) is 0. The Bertz CT molecular complexity index is 842. The van der Waals surface area contributed by atoms with Crippen molar-refractivity contribution in [3.63, 3.8) is 0 Å². The molecule has 29 heavy (non-hydrogen) atoms. The molecule has 2 bridgehead atoms. The second-order valence-corrected chi connectivity index (χ2v) is 9.57. The fourth-order valence-electron chi connectivity index (χ4n) is 4.77. The van der Waals surface area contributed by atoms with E-state index in [-0.39, 0.29) is 29.8 Å². The molecule has 1 saturated carbocycles. The Morgan fingerprint density at radius 2 is 2.10 bits per heavy atom. The molecule has 1 aliphatic carbocycles. The van der Waals surface area contributed by atoms with Crippen molar-refractivity contribution in [3.05, 3.63) is 28.8 Å². The summed E-state index contributed by atoms with van der Waals surface area (Å²) in [6.45, 7) is 6.70. The molecule has 4 rings (SSSR count). The number of amides is 1. The van der Waals surface area contributed by atoms with Gasteiger partial charge in [-0.2, -0.15) is 0 Å².